The van der Waals surface area contributed by atoms with Crippen LogP contribution in [0.15, 0.2) is 203 Å². The molecule has 0 unspecified atom stereocenters. The van der Waals surface area contributed by atoms with E-state index in [9.17, 15) is 0 Å². The van der Waals surface area contributed by atoms with Gasteiger partial charge in [-0.15, -0.1) is 0 Å². The van der Waals surface area contributed by atoms with Gasteiger partial charge in [-0.3, -0.25) is 0 Å². The molecule has 0 amide bonds. The minimum absolute atomic E-state index is 0.212. The van der Waals surface area contributed by atoms with Crippen molar-refractivity contribution in [1.29, 1.82) is 0 Å². The molecule has 14 aromatic rings. The fourth-order valence-electron chi connectivity index (χ4n) is 13.4. The van der Waals surface area contributed by atoms with Crippen LogP contribution in [0.4, 0.5) is 34.1 Å². The van der Waals surface area contributed by atoms with E-state index in [4.69, 9.17) is 8.83 Å². The summed E-state index contributed by atoms with van der Waals surface area (Å²) >= 11 is 0. The van der Waals surface area contributed by atoms with Crippen LogP contribution in [0.1, 0.15) is 84.0 Å². The van der Waals surface area contributed by atoms with Gasteiger partial charge in [0.15, 0.2) is 11.2 Å². The van der Waals surface area contributed by atoms with Gasteiger partial charge >= 0.3 is 0 Å². The van der Waals surface area contributed by atoms with Crippen LogP contribution in [0, 0.1) is 41.5 Å². The average Bonchev–Trinajstić information content (AvgIpc) is 3.05. The Balaban J connectivity index is 1.08. The molecule has 0 aliphatic rings. The number of nitrogens with zero attached hydrogens (tertiary/aromatic N) is 2. The second-order valence-electron chi connectivity index (χ2n) is 23.2. The third-order valence-corrected chi connectivity index (χ3v) is 16.9. The molecule has 4 nitrogen and oxygen atoms in total. The smallest absolute Gasteiger partial charge is 0.159 e. The zero-order chi connectivity index (χ0) is 54.8. The van der Waals surface area contributed by atoms with Crippen LogP contribution in [0.5, 0.6) is 0 Å². The SMILES string of the molecule is Cc1cc(C)cc(N(c2cc(C(C)C)c3ccc4c(N(c5cc(C)cc(C)c5)c5cccc6c5oc5c(-c7ccccc7C)cccc56)cc(C(C)C)c5ccc2c3c54)c2cccc3c2oc2c(-c4ccccc4C)cccc23)c1. The molecule has 4 heteroatoms. The van der Waals surface area contributed by atoms with Crippen LogP contribution in [0.25, 0.3) is 98.4 Å². The summed E-state index contributed by atoms with van der Waals surface area (Å²) in [6, 6.07) is 72.2. The van der Waals surface area contributed by atoms with E-state index in [1.807, 2.05) is 0 Å². The molecular weight excluding hydrogens is 973 g/mol. The van der Waals surface area contributed by atoms with Crippen LogP contribution < -0.4 is 9.80 Å². The lowest BCUT2D eigenvalue weighted by Gasteiger charge is -2.32. The second kappa shape index (κ2) is 18.8. The molecule has 0 aliphatic heterocycles. The number of para-hydroxylation sites is 4. The topological polar surface area (TPSA) is 32.8 Å². The number of fused-ring (bicyclic) bond motifs is 6. The van der Waals surface area contributed by atoms with Crippen LogP contribution in [0.3, 0.4) is 0 Å². The van der Waals surface area contributed by atoms with E-state index in [0.717, 1.165) is 89.1 Å². The Kier molecular flexibility index (Phi) is 11.5. The lowest BCUT2D eigenvalue weighted by atomic mass is 9.84. The molecule has 0 saturated carbocycles. The molecule has 0 N–H and O–H groups in total. The number of benzene rings is 12. The fourth-order valence-corrected chi connectivity index (χ4v) is 13.4. The summed E-state index contributed by atoms with van der Waals surface area (Å²) in [5, 5.41) is 11.8. The molecule has 0 saturated heterocycles. The molecule has 80 heavy (non-hydrogen) atoms. The first-order valence-electron chi connectivity index (χ1n) is 28.4. The van der Waals surface area contributed by atoms with E-state index in [1.165, 1.54) is 88.0 Å². The Morgan fingerprint density at radius 3 is 1.00 bits per heavy atom. The lowest BCUT2D eigenvalue weighted by Crippen LogP contribution is -2.14. The molecule has 2 heterocycles. The van der Waals surface area contributed by atoms with Crippen molar-refractivity contribution in [1.82, 2.24) is 0 Å². The van der Waals surface area contributed by atoms with E-state index in [1.54, 1.807) is 0 Å². The predicted molar refractivity (Wildman–Crippen MR) is 342 cm³/mol. The van der Waals surface area contributed by atoms with Crippen molar-refractivity contribution in [2.45, 2.75) is 81.1 Å². The van der Waals surface area contributed by atoms with Gasteiger partial charge in [0.05, 0.1) is 22.7 Å². The molecule has 14 rings (SSSR count). The third kappa shape index (κ3) is 7.71. The maximum absolute atomic E-state index is 7.33. The maximum Gasteiger partial charge on any atom is 0.159 e. The van der Waals surface area contributed by atoms with Crippen LogP contribution in [-0.4, -0.2) is 0 Å². The molecule has 12 aromatic carbocycles. The molecule has 2 aromatic heterocycles. The van der Waals surface area contributed by atoms with Gasteiger partial charge in [0.25, 0.3) is 0 Å². The van der Waals surface area contributed by atoms with Crippen molar-refractivity contribution >= 4 is 110 Å². The lowest BCUT2D eigenvalue weighted by molar-refractivity contribution is 0.670. The van der Waals surface area contributed by atoms with Gasteiger partial charge in [-0.25, -0.2) is 0 Å². The van der Waals surface area contributed by atoms with Crippen molar-refractivity contribution in [3.05, 3.63) is 239 Å². The summed E-state index contributed by atoms with van der Waals surface area (Å²) in [7, 11) is 0. The minimum Gasteiger partial charge on any atom is -0.453 e. The highest BCUT2D eigenvalue weighted by Gasteiger charge is 2.30. The predicted octanol–water partition coefficient (Wildman–Crippen LogP) is 22.8. The van der Waals surface area contributed by atoms with Crippen molar-refractivity contribution < 1.29 is 8.83 Å². The summed E-state index contributed by atoms with van der Waals surface area (Å²) in [6.45, 7) is 22.6. The Hall–Kier alpha value is -9.12. The minimum atomic E-state index is 0.212. The molecule has 0 atom stereocenters. The van der Waals surface area contributed by atoms with Gasteiger partial charge in [0.2, 0.25) is 0 Å². The van der Waals surface area contributed by atoms with Crippen molar-refractivity contribution in [2.24, 2.45) is 0 Å². The highest BCUT2D eigenvalue weighted by molar-refractivity contribution is 6.30. The number of aryl methyl sites for hydroxylation is 6. The summed E-state index contributed by atoms with van der Waals surface area (Å²) in [6.07, 6.45) is 0. The fraction of sp³-hybridized carbons (Fsp3) is 0.158. The van der Waals surface area contributed by atoms with Gasteiger partial charge < -0.3 is 18.6 Å². The van der Waals surface area contributed by atoms with Crippen molar-refractivity contribution in [3.63, 3.8) is 0 Å². The zero-order valence-electron chi connectivity index (χ0n) is 47.3. The van der Waals surface area contributed by atoms with Gasteiger partial charge in [-0.2, -0.15) is 0 Å². The van der Waals surface area contributed by atoms with Gasteiger partial charge in [0.1, 0.15) is 11.2 Å². The van der Waals surface area contributed by atoms with E-state index in [-0.39, 0.29) is 11.8 Å². The second-order valence-corrected chi connectivity index (χ2v) is 23.2. The summed E-state index contributed by atoms with van der Waals surface area (Å²) < 4.78 is 14.7. The molecule has 0 radical (unpaired) electrons. The zero-order valence-corrected chi connectivity index (χ0v) is 47.3. The highest BCUT2D eigenvalue weighted by Crippen LogP contribution is 2.54. The van der Waals surface area contributed by atoms with E-state index in [0.29, 0.717) is 0 Å². The Labute approximate surface area is 468 Å². The quantitative estimate of drug-likeness (QED) is 0.128. The van der Waals surface area contributed by atoms with E-state index < -0.39 is 0 Å². The number of furan rings is 2. The molecule has 390 valence electrons. The number of hydrogen-bond acceptors (Lipinski definition) is 4. The van der Waals surface area contributed by atoms with Gasteiger partial charge in [-0.1, -0.05) is 173 Å². The maximum atomic E-state index is 7.33. The van der Waals surface area contributed by atoms with Crippen LogP contribution >= 0.6 is 0 Å². The third-order valence-electron chi connectivity index (χ3n) is 16.9. The van der Waals surface area contributed by atoms with Gasteiger partial charge in [-0.05, 0) is 179 Å². The van der Waals surface area contributed by atoms with Gasteiger partial charge in [0, 0.05) is 54.8 Å². The molecule has 0 spiro atoms. The normalized spacial score (nSPS) is 12.1. The Morgan fingerprint density at radius 2 is 0.625 bits per heavy atom. The number of rotatable bonds is 10. The summed E-state index contributed by atoms with van der Waals surface area (Å²) in [5.74, 6) is 0.424. The molecule has 0 aliphatic carbocycles. The van der Waals surface area contributed by atoms with Crippen molar-refractivity contribution in [2.75, 3.05) is 9.80 Å². The van der Waals surface area contributed by atoms with E-state index >= 15 is 0 Å². The van der Waals surface area contributed by atoms with Crippen molar-refractivity contribution in [3.8, 4) is 22.3 Å². The Morgan fingerprint density at radius 1 is 0.287 bits per heavy atom. The monoisotopic (exact) mass is 1040 g/mol. The largest absolute Gasteiger partial charge is 0.453 e. The first-order valence-corrected chi connectivity index (χ1v) is 28.4. The number of hydrogen-bond donors (Lipinski definition) is 0. The summed E-state index contributed by atoms with van der Waals surface area (Å²) in [5.41, 5.74) is 24.3. The van der Waals surface area contributed by atoms with E-state index in [2.05, 4.69) is 273 Å². The Bertz CT molecular complexity index is 4470. The standard InChI is InChI=1S/C76H64N2O2/c1-43(2)65-41-69(77(51-37-45(5)35-46(6)38-51)67-29-17-27-61-59-25-15-23-57(73(59)79-75(61)67)53-21-13-11-19-49(53)9)63-34-32-56-66(44(3)4)42-70(64-33-31-55(65)71(63)72(56)64)78(52-39-47(7)36-48(8)40-52)68-30-18-28-62-60-26-16-24-58(74(60)80-76(62)68)54-22-14-12-20-50(54)10/h11-44H,1-10H3. The molecular formula is C76H64N2O2. The molecule has 0 bridgehead atoms. The first-order chi connectivity index (χ1) is 38.8. The number of anilines is 6. The first kappa shape index (κ1) is 49.2. The highest BCUT2D eigenvalue weighted by atomic mass is 16.3. The summed E-state index contributed by atoms with van der Waals surface area (Å²) in [4.78, 5) is 4.99. The average molecular weight is 1040 g/mol. The van der Waals surface area contributed by atoms with Crippen LogP contribution in [0.2, 0.25) is 0 Å². The van der Waals surface area contributed by atoms with Crippen LogP contribution in [-0.2, 0) is 0 Å². The molecule has 0 fully saturated rings.